The van der Waals surface area contributed by atoms with Crippen LogP contribution in [0.3, 0.4) is 0 Å². The van der Waals surface area contributed by atoms with E-state index in [-0.39, 0.29) is 0 Å². The number of aryl methyl sites for hydroxylation is 1. The van der Waals surface area contributed by atoms with Crippen LogP contribution in [0, 0.1) is 6.92 Å². The first-order valence-electron chi connectivity index (χ1n) is 3.79. The molecule has 0 unspecified atom stereocenters. The van der Waals surface area contributed by atoms with E-state index in [0.717, 1.165) is 5.56 Å². The first-order valence-corrected chi connectivity index (χ1v) is 3.79. The maximum absolute atomic E-state index is 11.8. The highest BCUT2D eigenvalue weighted by Crippen LogP contribution is 2.18. The molecule has 0 N–H and O–H groups in total. The van der Waals surface area contributed by atoms with E-state index in [0.29, 0.717) is 5.69 Å². The summed E-state index contributed by atoms with van der Waals surface area (Å²) in [5.41, 5.74) is 1.16. The van der Waals surface area contributed by atoms with E-state index in [2.05, 4.69) is 5.32 Å². The second kappa shape index (κ2) is 3.68. The maximum Gasteiger partial charge on any atom is 0.407 e. The number of alkyl halides is 3. The van der Waals surface area contributed by atoms with Crippen LogP contribution in [0.15, 0.2) is 24.3 Å². The first-order chi connectivity index (χ1) is 5.99. The Kier molecular flexibility index (Phi) is 2.80. The van der Waals surface area contributed by atoms with E-state index in [4.69, 9.17) is 0 Å². The topological polar surface area (TPSA) is 14.1 Å². The van der Waals surface area contributed by atoms with Gasteiger partial charge in [0.05, 0.1) is 5.69 Å². The Morgan fingerprint density at radius 2 is 1.85 bits per heavy atom. The van der Waals surface area contributed by atoms with E-state index < -0.39 is 12.7 Å². The van der Waals surface area contributed by atoms with Crippen LogP contribution in [0.2, 0.25) is 0 Å². The molecule has 1 nitrogen and oxygen atoms in total. The molecule has 1 rings (SSSR count). The average molecular weight is 188 g/mol. The molecule has 0 heterocycles. The fraction of sp³-hybridized carbons (Fsp3) is 0.333. The largest absolute Gasteiger partial charge is 0.407 e. The fourth-order valence-electron chi connectivity index (χ4n) is 0.916. The quantitative estimate of drug-likeness (QED) is 0.677. The lowest BCUT2D eigenvalue weighted by Crippen LogP contribution is -2.20. The van der Waals surface area contributed by atoms with Gasteiger partial charge >= 0.3 is 6.18 Å². The summed E-state index contributed by atoms with van der Waals surface area (Å²) in [4.78, 5) is 0. The van der Waals surface area contributed by atoms with Crippen LogP contribution in [0.25, 0.3) is 0 Å². The van der Waals surface area contributed by atoms with Gasteiger partial charge in [-0.05, 0) is 18.6 Å². The zero-order valence-electron chi connectivity index (χ0n) is 7.10. The van der Waals surface area contributed by atoms with Crippen molar-refractivity contribution in [2.45, 2.75) is 13.1 Å². The molecule has 0 amide bonds. The second-order valence-electron chi connectivity index (χ2n) is 2.72. The van der Waals surface area contributed by atoms with E-state index in [1.807, 2.05) is 0 Å². The Balaban J connectivity index is 2.60. The van der Waals surface area contributed by atoms with Crippen LogP contribution in [0.4, 0.5) is 18.9 Å². The Hall–Kier alpha value is -1.19. The number of rotatable bonds is 2. The molecule has 13 heavy (non-hydrogen) atoms. The van der Waals surface area contributed by atoms with Gasteiger partial charge in [-0.1, -0.05) is 18.2 Å². The lowest BCUT2D eigenvalue weighted by atomic mass is 10.2. The van der Waals surface area contributed by atoms with Gasteiger partial charge in [0, 0.05) is 0 Å². The van der Waals surface area contributed by atoms with Crippen molar-refractivity contribution < 1.29 is 13.2 Å². The molecule has 0 saturated carbocycles. The second-order valence-corrected chi connectivity index (χ2v) is 2.72. The number of para-hydroxylation sites is 1. The molecule has 4 heteroatoms. The van der Waals surface area contributed by atoms with Gasteiger partial charge < -0.3 is 0 Å². The van der Waals surface area contributed by atoms with Gasteiger partial charge in [-0.2, -0.15) is 13.2 Å². The number of nitrogens with zero attached hydrogens (tertiary/aromatic N) is 1. The van der Waals surface area contributed by atoms with Gasteiger partial charge in [0.15, 0.2) is 0 Å². The van der Waals surface area contributed by atoms with Crippen LogP contribution >= 0.6 is 0 Å². The predicted octanol–water partition coefficient (Wildman–Crippen LogP) is 2.79. The summed E-state index contributed by atoms with van der Waals surface area (Å²) >= 11 is 0. The monoisotopic (exact) mass is 188 g/mol. The minimum atomic E-state index is -4.22. The molecule has 1 aromatic rings. The molecule has 1 aromatic carbocycles. The van der Waals surface area contributed by atoms with Gasteiger partial charge in [0.2, 0.25) is 0 Å². The minimum Gasteiger partial charge on any atom is -0.276 e. The highest BCUT2D eigenvalue weighted by atomic mass is 19.4. The number of halogens is 3. The molecule has 0 bridgehead atoms. The molecule has 0 atom stereocenters. The minimum absolute atomic E-state index is 0.403. The molecule has 0 aliphatic rings. The highest BCUT2D eigenvalue weighted by molar-refractivity contribution is 5.43. The smallest absolute Gasteiger partial charge is 0.276 e. The van der Waals surface area contributed by atoms with Crippen LogP contribution in [0.5, 0.6) is 0 Å². The van der Waals surface area contributed by atoms with Gasteiger partial charge in [-0.15, -0.1) is 0 Å². The van der Waals surface area contributed by atoms with Crippen LogP contribution in [0.1, 0.15) is 5.56 Å². The van der Waals surface area contributed by atoms with Gasteiger partial charge in [-0.25, -0.2) is 0 Å². The number of hydrogen-bond acceptors (Lipinski definition) is 0. The van der Waals surface area contributed by atoms with Crippen molar-refractivity contribution in [2.24, 2.45) is 0 Å². The maximum atomic E-state index is 11.8. The van der Waals surface area contributed by atoms with Gasteiger partial charge in [0.25, 0.3) is 0 Å². The third-order valence-electron chi connectivity index (χ3n) is 1.54. The molecule has 1 radical (unpaired) electrons. The average Bonchev–Trinajstić information content (AvgIpc) is 2.01. The molecular weight excluding hydrogens is 179 g/mol. The van der Waals surface area contributed by atoms with Crippen molar-refractivity contribution >= 4 is 5.69 Å². The Morgan fingerprint density at radius 1 is 1.23 bits per heavy atom. The number of hydrogen-bond donors (Lipinski definition) is 0. The van der Waals surface area contributed by atoms with E-state index >= 15 is 0 Å². The Bertz CT molecular complexity index is 280. The predicted molar refractivity (Wildman–Crippen MR) is 43.9 cm³/mol. The molecule has 0 spiro atoms. The molecule has 0 saturated heterocycles. The van der Waals surface area contributed by atoms with E-state index in [1.165, 1.54) is 0 Å². The molecule has 71 valence electrons. The van der Waals surface area contributed by atoms with Crippen LogP contribution in [-0.2, 0) is 0 Å². The molecule has 0 aromatic heterocycles. The van der Waals surface area contributed by atoms with Gasteiger partial charge in [0.1, 0.15) is 6.54 Å². The summed E-state index contributed by atoms with van der Waals surface area (Å²) in [5, 5.41) is 3.45. The molecular formula is C9H9F3N. The normalized spacial score (nSPS) is 11.4. The lowest BCUT2D eigenvalue weighted by molar-refractivity contribution is -0.123. The third kappa shape index (κ3) is 3.36. The zero-order chi connectivity index (χ0) is 9.90. The summed E-state index contributed by atoms with van der Waals surface area (Å²) < 4.78 is 35.3. The Morgan fingerprint density at radius 3 is 2.38 bits per heavy atom. The van der Waals surface area contributed by atoms with Crippen LogP contribution < -0.4 is 5.32 Å². The molecule has 0 aliphatic heterocycles. The van der Waals surface area contributed by atoms with Crippen molar-refractivity contribution in [1.29, 1.82) is 0 Å². The highest BCUT2D eigenvalue weighted by Gasteiger charge is 2.27. The third-order valence-corrected chi connectivity index (χ3v) is 1.54. The van der Waals surface area contributed by atoms with Crippen molar-refractivity contribution in [3.05, 3.63) is 29.8 Å². The Labute approximate surface area is 74.6 Å². The van der Waals surface area contributed by atoms with E-state index in [9.17, 15) is 13.2 Å². The SMILES string of the molecule is Cc1ccccc1[N]CC(F)(F)F. The molecule has 0 fully saturated rings. The molecule has 0 aliphatic carbocycles. The summed E-state index contributed by atoms with van der Waals surface area (Å²) in [6, 6.07) is 6.74. The summed E-state index contributed by atoms with van der Waals surface area (Å²) in [5.74, 6) is 0. The van der Waals surface area contributed by atoms with E-state index in [1.54, 1.807) is 31.2 Å². The van der Waals surface area contributed by atoms with Crippen molar-refractivity contribution in [3.63, 3.8) is 0 Å². The van der Waals surface area contributed by atoms with Crippen molar-refractivity contribution in [3.8, 4) is 0 Å². The standard InChI is InChI=1S/C9H9F3N/c1-7-4-2-3-5-8(7)13-6-9(10,11)12/h2-5H,6H2,1H3. The summed E-state index contributed by atoms with van der Waals surface area (Å²) in [6.07, 6.45) is -4.22. The van der Waals surface area contributed by atoms with Gasteiger partial charge in [-0.3, -0.25) is 5.32 Å². The summed E-state index contributed by atoms with van der Waals surface area (Å²) in [6.45, 7) is 0.618. The number of benzene rings is 1. The van der Waals surface area contributed by atoms with Crippen LogP contribution in [-0.4, -0.2) is 12.7 Å². The fourth-order valence-corrected chi connectivity index (χ4v) is 0.916. The summed E-state index contributed by atoms with van der Waals surface area (Å²) in [7, 11) is 0. The first kappa shape index (κ1) is 9.89. The van der Waals surface area contributed by atoms with Crippen molar-refractivity contribution in [1.82, 2.24) is 5.32 Å². The zero-order valence-corrected chi connectivity index (χ0v) is 7.10. The lowest BCUT2D eigenvalue weighted by Gasteiger charge is -2.08. The van der Waals surface area contributed by atoms with Crippen molar-refractivity contribution in [2.75, 3.05) is 6.54 Å².